The Kier molecular flexibility index (Phi) is 6.12. The van der Waals surface area contributed by atoms with Crippen molar-refractivity contribution in [3.63, 3.8) is 0 Å². The van der Waals surface area contributed by atoms with Gasteiger partial charge in [-0.25, -0.2) is 0 Å². The zero-order valence-electron chi connectivity index (χ0n) is 18.1. The molecule has 0 amide bonds. The maximum Gasteiger partial charge on any atom is 0.0920 e. The Hall–Kier alpha value is -0.120. The Labute approximate surface area is 161 Å². The quantitative estimate of drug-likeness (QED) is 0.427. The van der Waals surface area contributed by atoms with Crippen LogP contribution in [0.2, 0.25) is 0 Å². The molecule has 6 unspecified atom stereocenters. The van der Waals surface area contributed by atoms with E-state index in [0.717, 1.165) is 25.4 Å². The Balaban J connectivity index is 1.55. The maximum absolute atomic E-state index is 6.68. The van der Waals surface area contributed by atoms with Crippen LogP contribution in [0, 0.1) is 11.8 Å². The van der Waals surface area contributed by atoms with Gasteiger partial charge in [0.15, 0.2) is 0 Å². The van der Waals surface area contributed by atoms with Gasteiger partial charge in [0.2, 0.25) is 0 Å². The van der Waals surface area contributed by atoms with Gasteiger partial charge in [-0.2, -0.15) is 0 Å². The van der Waals surface area contributed by atoms with Crippen LogP contribution < -0.4 is 0 Å². The van der Waals surface area contributed by atoms with Gasteiger partial charge in [0.05, 0.1) is 29.0 Å². The van der Waals surface area contributed by atoms with Crippen LogP contribution >= 0.6 is 0 Å². The summed E-state index contributed by atoms with van der Waals surface area (Å²) in [6, 6.07) is 0. The summed E-state index contributed by atoms with van der Waals surface area (Å²) in [4.78, 5) is 0. The summed E-state index contributed by atoms with van der Waals surface area (Å²) in [5.41, 5.74) is 0.243. The predicted octanol–water partition coefficient (Wildman–Crippen LogP) is 5.89. The summed E-state index contributed by atoms with van der Waals surface area (Å²) in [6.45, 7) is 14.6. The smallest absolute Gasteiger partial charge is 0.0920 e. The molecule has 6 atom stereocenters. The van der Waals surface area contributed by atoms with E-state index < -0.39 is 0 Å². The lowest BCUT2D eigenvalue weighted by Crippen LogP contribution is -2.42. The Morgan fingerprint density at radius 2 is 1.88 bits per heavy atom. The Morgan fingerprint density at radius 3 is 2.46 bits per heavy atom. The summed E-state index contributed by atoms with van der Waals surface area (Å²) in [6.07, 6.45) is 11.8. The minimum Gasteiger partial charge on any atom is -0.375 e. The van der Waals surface area contributed by atoms with E-state index in [1.54, 1.807) is 0 Å². The molecular weight excluding hydrogens is 324 g/mol. The second kappa shape index (κ2) is 7.72. The van der Waals surface area contributed by atoms with Crippen molar-refractivity contribution >= 4 is 0 Å². The topological polar surface area (TPSA) is 34.3 Å². The molecule has 2 saturated heterocycles. The fourth-order valence-corrected chi connectivity index (χ4v) is 5.17. The molecule has 3 nitrogen and oxygen atoms in total. The van der Waals surface area contributed by atoms with Gasteiger partial charge in [-0.3, -0.25) is 0 Å². The lowest BCUT2D eigenvalue weighted by Gasteiger charge is -2.40. The van der Waals surface area contributed by atoms with Crippen molar-refractivity contribution < 1.29 is 14.2 Å². The number of epoxide rings is 2. The molecule has 0 aromatic carbocycles. The first-order valence-corrected chi connectivity index (χ1v) is 11.2. The van der Waals surface area contributed by atoms with Crippen LogP contribution in [-0.2, 0) is 14.2 Å². The van der Waals surface area contributed by atoms with Gasteiger partial charge < -0.3 is 14.2 Å². The first-order valence-electron chi connectivity index (χ1n) is 11.2. The van der Waals surface area contributed by atoms with Crippen LogP contribution in [0.4, 0.5) is 0 Å². The highest BCUT2D eigenvalue weighted by Gasteiger charge is 2.58. The van der Waals surface area contributed by atoms with E-state index in [9.17, 15) is 0 Å². The first kappa shape index (κ1) is 20.6. The standard InChI is InChI=1S/C23H42O3/c1-7-9-17(8-2)12-15-24-22(5,14-11-19-21(3,4)25-19)18-10-13-23(6)20(16-18)26-23/h17-20H,7-16H2,1-6H3. The summed E-state index contributed by atoms with van der Waals surface area (Å²) in [5, 5.41) is 0. The van der Waals surface area contributed by atoms with E-state index in [4.69, 9.17) is 14.2 Å². The lowest BCUT2D eigenvalue weighted by atomic mass is 9.72. The predicted molar refractivity (Wildman–Crippen MR) is 106 cm³/mol. The SMILES string of the molecule is CCCC(CC)CCOC(C)(CCC1OC1(C)C)C1CCC2(C)OC2C1. The third-order valence-corrected chi connectivity index (χ3v) is 7.69. The summed E-state index contributed by atoms with van der Waals surface area (Å²) in [7, 11) is 0. The molecule has 0 N–H and O–H groups in total. The summed E-state index contributed by atoms with van der Waals surface area (Å²) >= 11 is 0. The largest absolute Gasteiger partial charge is 0.375 e. The van der Waals surface area contributed by atoms with Gasteiger partial charge in [0, 0.05) is 6.61 Å². The molecule has 0 aromatic rings. The van der Waals surface area contributed by atoms with Gasteiger partial charge >= 0.3 is 0 Å². The number of hydrogen-bond acceptors (Lipinski definition) is 3. The van der Waals surface area contributed by atoms with Crippen LogP contribution in [0.3, 0.4) is 0 Å². The monoisotopic (exact) mass is 366 g/mol. The maximum atomic E-state index is 6.68. The van der Waals surface area contributed by atoms with Crippen molar-refractivity contribution in [3.8, 4) is 0 Å². The van der Waals surface area contributed by atoms with E-state index in [2.05, 4.69) is 41.5 Å². The number of ether oxygens (including phenoxy) is 3. The Bertz CT molecular complexity index is 476. The molecule has 0 aromatic heterocycles. The fraction of sp³-hybridized carbons (Fsp3) is 1.00. The van der Waals surface area contributed by atoms with Gasteiger partial charge in [0.25, 0.3) is 0 Å². The van der Waals surface area contributed by atoms with Gasteiger partial charge in [-0.1, -0.05) is 33.1 Å². The van der Waals surface area contributed by atoms with Crippen molar-refractivity contribution in [1.29, 1.82) is 0 Å². The van der Waals surface area contributed by atoms with E-state index >= 15 is 0 Å². The Morgan fingerprint density at radius 1 is 1.15 bits per heavy atom. The van der Waals surface area contributed by atoms with E-state index in [1.165, 1.54) is 44.9 Å². The first-order chi connectivity index (χ1) is 12.2. The molecule has 0 radical (unpaired) electrons. The molecular formula is C23H42O3. The van der Waals surface area contributed by atoms with E-state index in [-0.39, 0.29) is 16.8 Å². The van der Waals surface area contributed by atoms with Crippen LogP contribution in [0.1, 0.15) is 99.3 Å². The normalized spacial score (nSPS) is 38.3. The summed E-state index contributed by atoms with van der Waals surface area (Å²) in [5.74, 6) is 1.44. The van der Waals surface area contributed by atoms with E-state index in [1.807, 2.05) is 0 Å². The van der Waals surface area contributed by atoms with Crippen molar-refractivity contribution in [2.24, 2.45) is 11.8 Å². The molecule has 0 bridgehead atoms. The molecule has 152 valence electrons. The second-order valence-electron chi connectivity index (χ2n) is 10.2. The van der Waals surface area contributed by atoms with Gasteiger partial charge in [0.1, 0.15) is 0 Å². The molecule has 3 aliphatic rings. The minimum atomic E-state index is -0.0280. The number of hydrogen-bond donors (Lipinski definition) is 0. The van der Waals surface area contributed by atoms with Crippen LogP contribution in [0.15, 0.2) is 0 Å². The van der Waals surface area contributed by atoms with Crippen LogP contribution in [0.25, 0.3) is 0 Å². The molecule has 26 heavy (non-hydrogen) atoms. The highest BCUT2D eigenvalue weighted by atomic mass is 16.6. The zero-order valence-corrected chi connectivity index (χ0v) is 18.1. The minimum absolute atomic E-state index is 0.0280. The number of rotatable bonds is 11. The van der Waals surface area contributed by atoms with Crippen molar-refractivity contribution in [2.45, 2.75) is 128 Å². The average Bonchev–Trinajstić information content (AvgIpc) is 3.44. The zero-order chi connectivity index (χ0) is 19.0. The van der Waals surface area contributed by atoms with Gasteiger partial charge in [-0.15, -0.1) is 0 Å². The average molecular weight is 367 g/mol. The molecule has 0 spiro atoms. The van der Waals surface area contributed by atoms with Crippen LogP contribution in [0.5, 0.6) is 0 Å². The highest BCUT2D eigenvalue weighted by molar-refractivity contribution is 5.07. The highest BCUT2D eigenvalue weighted by Crippen LogP contribution is 2.53. The molecule has 2 aliphatic heterocycles. The van der Waals surface area contributed by atoms with Gasteiger partial charge in [-0.05, 0) is 78.1 Å². The van der Waals surface area contributed by atoms with Crippen molar-refractivity contribution in [1.82, 2.24) is 0 Å². The van der Waals surface area contributed by atoms with Crippen LogP contribution in [-0.4, -0.2) is 35.6 Å². The van der Waals surface area contributed by atoms with Crippen molar-refractivity contribution in [3.05, 3.63) is 0 Å². The third kappa shape index (κ3) is 4.64. The molecule has 3 fully saturated rings. The lowest BCUT2D eigenvalue weighted by molar-refractivity contribution is -0.0938. The van der Waals surface area contributed by atoms with E-state index in [0.29, 0.717) is 18.1 Å². The van der Waals surface area contributed by atoms with Crippen molar-refractivity contribution in [2.75, 3.05) is 6.61 Å². The third-order valence-electron chi connectivity index (χ3n) is 7.69. The molecule has 3 heteroatoms. The number of fused-ring (bicyclic) bond motifs is 1. The summed E-state index contributed by atoms with van der Waals surface area (Å²) < 4.78 is 18.5. The molecule has 1 saturated carbocycles. The molecule has 2 heterocycles. The molecule has 3 rings (SSSR count). The second-order valence-corrected chi connectivity index (χ2v) is 10.2. The molecule has 1 aliphatic carbocycles. The fourth-order valence-electron chi connectivity index (χ4n) is 5.17.